The number of aliphatic hydroxyl groups is 2. The number of aliphatic hydroxyl groups excluding tert-OH is 1. The van der Waals surface area contributed by atoms with E-state index in [-0.39, 0.29) is 12.0 Å². The lowest BCUT2D eigenvalue weighted by atomic mass is 9.81. The van der Waals surface area contributed by atoms with Crippen molar-refractivity contribution in [3.05, 3.63) is 0 Å². The Kier molecular flexibility index (Phi) is 5.10. The normalized spacial score (nSPS) is 17.1. The Morgan fingerprint density at radius 2 is 1.57 bits per heavy atom. The molecule has 2 heteroatoms. The Morgan fingerprint density at radius 1 is 1.07 bits per heavy atom. The summed E-state index contributed by atoms with van der Waals surface area (Å²) in [4.78, 5) is 0. The van der Waals surface area contributed by atoms with E-state index in [9.17, 15) is 5.11 Å². The molecule has 0 radical (unpaired) electrons. The van der Waals surface area contributed by atoms with E-state index < -0.39 is 5.60 Å². The fraction of sp³-hybridized carbons (Fsp3) is 1.00. The highest BCUT2D eigenvalue weighted by Crippen LogP contribution is 2.29. The zero-order valence-corrected chi connectivity index (χ0v) is 10.3. The van der Waals surface area contributed by atoms with Crippen molar-refractivity contribution >= 4 is 0 Å². The van der Waals surface area contributed by atoms with Gasteiger partial charge < -0.3 is 10.2 Å². The molecule has 0 aliphatic heterocycles. The van der Waals surface area contributed by atoms with Crippen LogP contribution in [0.1, 0.15) is 53.9 Å². The first-order valence-electron chi connectivity index (χ1n) is 5.52. The predicted molar refractivity (Wildman–Crippen MR) is 60.2 cm³/mol. The summed E-state index contributed by atoms with van der Waals surface area (Å²) in [6, 6.07) is 0. The van der Waals surface area contributed by atoms with E-state index in [2.05, 4.69) is 13.8 Å². The Labute approximate surface area is 88.3 Å². The smallest absolute Gasteiger partial charge is 0.0622 e. The Bertz CT molecular complexity index is 160. The Hall–Kier alpha value is -0.0800. The van der Waals surface area contributed by atoms with Gasteiger partial charge in [0.1, 0.15) is 0 Å². The fourth-order valence-corrected chi connectivity index (χ4v) is 1.67. The molecule has 0 saturated heterocycles. The van der Waals surface area contributed by atoms with Crippen LogP contribution in [0.5, 0.6) is 0 Å². The molecule has 14 heavy (non-hydrogen) atoms. The maximum absolute atomic E-state index is 10.1. The zero-order valence-electron chi connectivity index (χ0n) is 10.3. The van der Waals surface area contributed by atoms with Crippen molar-refractivity contribution in [2.45, 2.75) is 59.5 Å². The summed E-state index contributed by atoms with van der Waals surface area (Å²) in [5, 5.41) is 19.2. The molecule has 0 rings (SSSR count). The topological polar surface area (TPSA) is 40.5 Å². The SMILES string of the molecule is CC(C)CC(C)(O)CCC(C)(C)CO. The molecule has 0 aliphatic carbocycles. The summed E-state index contributed by atoms with van der Waals surface area (Å²) in [6.45, 7) is 10.4. The Balaban J connectivity index is 3.98. The van der Waals surface area contributed by atoms with Crippen molar-refractivity contribution in [1.82, 2.24) is 0 Å². The van der Waals surface area contributed by atoms with Crippen molar-refractivity contribution in [2.24, 2.45) is 11.3 Å². The second kappa shape index (κ2) is 5.13. The quantitative estimate of drug-likeness (QED) is 0.695. The van der Waals surface area contributed by atoms with Gasteiger partial charge in [0.2, 0.25) is 0 Å². The first-order chi connectivity index (χ1) is 6.18. The van der Waals surface area contributed by atoms with E-state index in [0.29, 0.717) is 5.92 Å². The molecule has 0 aliphatic rings. The zero-order chi connectivity index (χ0) is 11.4. The minimum Gasteiger partial charge on any atom is -0.396 e. The van der Waals surface area contributed by atoms with Crippen LogP contribution in [-0.4, -0.2) is 22.4 Å². The van der Waals surface area contributed by atoms with Gasteiger partial charge in [0.15, 0.2) is 0 Å². The molecule has 0 amide bonds. The van der Waals surface area contributed by atoms with E-state index in [1.807, 2.05) is 20.8 Å². The molecular weight excluding hydrogens is 176 g/mol. The highest BCUT2D eigenvalue weighted by atomic mass is 16.3. The van der Waals surface area contributed by atoms with Crippen LogP contribution in [0.4, 0.5) is 0 Å². The maximum atomic E-state index is 10.1. The van der Waals surface area contributed by atoms with Gasteiger partial charge in [0, 0.05) is 6.61 Å². The molecule has 0 fully saturated rings. The van der Waals surface area contributed by atoms with E-state index in [1.165, 1.54) is 0 Å². The van der Waals surface area contributed by atoms with Gasteiger partial charge in [0.05, 0.1) is 5.60 Å². The summed E-state index contributed by atoms with van der Waals surface area (Å²) in [6.07, 6.45) is 2.45. The Morgan fingerprint density at radius 3 is 1.93 bits per heavy atom. The molecule has 1 atom stereocenters. The highest BCUT2D eigenvalue weighted by Gasteiger charge is 2.26. The van der Waals surface area contributed by atoms with Crippen molar-refractivity contribution in [1.29, 1.82) is 0 Å². The molecule has 1 unspecified atom stereocenters. The monoisotopic (exact) mass is 202 g/mol. The first kappa shape index (κ1) is 13.9. The lowest BCUT2D eigenvalue weighted by Gasteiger charge is -2.30. The van der Waals surface area contributed by atoms with Crippen LogP contribution in [0.2, 0.25) is 0 Å². The van der Waals surface area contributed by atoms with E-state index in [1.54, 1.807) is 0 Å². The molecule has 2 nitrogen and oxygen atoms in total. The van der Waals surface area contributed by atoms with Crippen molar-refractivity contribution in [3.8, 4) is 0 Å². The summed E-state index contributed by atoms with van der Waals surface area (Å²) >= 11 is 0. The van der Waals surface area contributed by atoms with Gasteiger partial charge in [-0.1, -0.05) is 27.7 Å². The van der Waals surface area contributed by atoms with E-state index >= 15 is 0 Å². The summed E-state index contributed by atoms with van der Waals surface area (Å²) in [5.41, 5.74) is -0.651. The van der Waals surface area contributed by atoms with Gasteiger partial charge in [-0.2, -0.15) is 0 Å². The molecule has 0 aromatic carbocycles. The largest absolute Gasteiger partial charge is 0.396 e. The third-order valence-electron chi connectivity index (χ3n) is 2.62. The maximum Gasteiger partial charge on any atom is 0.0622 e. The van der Waals surface area contributed by atoms with Crippen LogP contribution in [0.3, 0.4) is 0 Å². The molecular formula is C12H26O2. The number of hydrogen-bond acceptors (Lipinski definition) is 2. The number of hydrogen-bond donors (Lipinski definition) is 2. The van der Waals surface area contributed by atoms with Crippen molar-refractivity contribution < 1.29 is 10.2 Å². The van der Waals surface area contributed by atoms with Crippen LogP contribution in [-0.2, 0) is 0 Å². The standard InChI is InChI=1S/C12H26O2/c1-10(2)8-12(5,14)7-6-11(3,4)9-13/h10,13-14H,6-9H2,1-5H3. The predicted octanol–water partition coefficient (Wildman–Crippen LogP) is 2.58. The minimum atomic E-state index is -0.583. The molecule has 0 bridgehead atoms. The average Bonchev–Trinajstić information content (AvgIpc) is 1.99. The highest BCUT2D eigenvalue weighted by molar-refractivity contribution is 4.78. The van der Waals surface area contributed by atoms with Gasteiger partial charge in [0.25, 0.3) is 0 Å². The molecule has 0 heterocycles. The van der Waals surface area contributed by atoms with E-state index in [4.69, 9.17) is 5.11 Å². The van der Waals surface area contributed by atoms with Gasteiger partial charge in [-0.15, -0.1) is 0 Å². The molecule has 0 aromatic rings. The van der Waals surface area contributed by atoms with Crippen LogP contribution < -0.4 is 0 Å². The van der Waals surface area contributed by atoms with E-state index in [0.717, 1.165) is 19.3 Å². The van der Waals surface area contributed by atoms with Crippen molar-refractivity contribution in [3.63, 3.8) is 0 Å². The third-order valence-corrected chi connectivity index (χ3v) is 2.62. The average molecular weight is 202 g/mol. The number of rotatable bonds is 6. The summed E-state index contributed by atoms with van der Waals surface area (Å²) < 4.78 is 0. The van der Waals surface area contributed by atoms with Crippen LogP contribution in [0.25, 0.3) is 0 Å². The molecule has 0 saturated carbocycles. The summed E-state index contributed by atoms with van der Waals surface area (Å²) in [7, 11) is 0. The van der Waals surface area contributed by atoms with Crippen molar-refractivity contribution in [2.75, 3.05) is 6.61 Å². The molecule has 86 valence electrons. The molecule has 0 spiro atoms. The first-order valence-corrected chi connectivity index (χ1v) is 5.52. The van der Waals surface area contributed by atoms with Crippen LogP contribution >= 0.6 is 0 Å². The fourth-order valence-electron chi connectivity index (χ4n) is 1.67. The van der Waals surface area contributed by atoms with Gasteiger partial charge in [-0.25, -0.2) is 0 Å². The lowest BCUT2D eigenvalue weighted by Crippen LogP contribution is -2.29. The lowest BCUT2D eigenvalue weighted by molar-refractivity contribution is 0.0123. The third kappa shape index (κ3) is 6.39. The second-order valence-electron chi connectivity index (χ2n) is 5.92. The van der Waals surface area contributed by atoms with Gasteiger partial charge in [-0.3, -0.25) is 0 Å². The molecule has 2 N–H and O–H groups in total. The van der Waals surface area contributed by atoms with Crippen LogP contribution in [0, 0.1) is 11.3 Å². The minimum absolute atomic E-state index is 0.0685. The second-order valence-corrected chi connectivity index (χ2v) is 5.92. The molecule has 0 aromatic heterocycles. The van der Waals surface area contributed by atoms with Gasteiger partial charge >= 0.3 is 0 Å². The summed E-state index contributed by atoms with van der Waals surface area (Å²) in [5.74, 6) is 0.516. The van der Waals surface area contributed by atoms with Gasteiger partial charge in [-0.05, 0) is 37.5 Å². The van der Waals surface area contributed by atoms with Crippen LogP contribution in [0.15, 0.2) is 0 Å².